The molecule has 9 nitrogen and oxygen atoms in total. The number of rotatable bonds is 7. The molecule has 162 valence electrons. The highest BCUT2D eigenvalue weighted by molar-refractivity contribution is 7.89. The third-order valence-corrected chi connectivity index (χ3v) is 8.55. The second kappa shape index (κ2) is 7.65. The van der Waals surface area contributed by atoms with E-state index in [0.29, 0.717) is 53.4 Å². The van der Waals surface area contributed by atoms with E-state index >= 15 is 0 Å². The van der Waals surface area contributed by atoms with Crippen LogP contribution in [0.15, 0.2) is 18.6 Å². The van der Waals surface area contributed by atoms with Gasteiger partial charge in [0.25, 0.3) is 0 Å². The summed E-state index contributed by atoms with van der Waals surface area (Å²) in [4.78, 5) is 8.76. The molecule has 2 aromatic rings. The van der Waals surface area contributed by atoms with Crippen molar-refractivity contribution in [2.45, 2.75) is 31.7 Å². The van der Waals surface area contributed by atoms with E-state index in [1.807, 2.05) is 13.2 Å². The summed E-state index contributed by atoms with van der Waals surface area (Å²) >= 11 is 6.32. The van der Waals surface area contributed by atoms with Crippen LogP contribution in [0.2, 0.25) is 5.02 Å². The summed E-state index contributed by atoms with van der Waals surface area (Å²) in [5.74, 6) is 2.55. The minimum atomic E-state index is -3.10. The number of aromatic nitrogens is 4. The normalized spacial score (nSPS) is 26.7. The molecule has 3 fully saturated rings. The smallest absolute Gasteiger partial charge is 0.229 e. The van der Waals surface area contributed by atoms with Crippen LogP contribution in [0.1, 0.15) is 25.7 Å². The van der Waals surface area contributed by atoms with Crippen LogP contribution in [0, 0.1) is 17.8 Å². The van der Waals surface area contributed by atoms with Crippen molar-refractivity contribution in [3.8, 4) is 0 Å². The van der Waals surface area contributed by atoms with Gasteiger partial charge in [0.05, 0.1) is 23.8 Å². The zero-order chi connectivity index (χ0) is 20.9. The minimum absolute atomic E-state index is 0.229. The molecule has 2 aromatic heterocycles. The lowest BCUT2D eigenvalue weighted by atomic mass is 10.0. The van der Waals surface area contributed by atoms with Gasteiger partial charge in [0.2, 0.25) is 16.0 Å². The van der Waals surface area contributed by atoms with Gasteiger partial charge in [-0.1, -0.05) is 11.6 Å². The number of halogens is 1. The molecular weight excluding hydrogens is 426 g/mol. The maximum Gasteiger partial charge on any atom is 0.229 e. The fourth-order valence-electron chi connectivity index (χ4n) is 4.63. The predicted octanol–water partition coefficient (Wildman–Crippen LogP) is 2.47. The van der Waals surface area contributed by atoms with Crippen LogP contribution in [0.3, 0.4) is 0 Å². The van der Waals surface area contributed by atoms with Gasteiger partial charge in [-0.2, -0.15) is 10.1 Å². The Labute approximate surface area is 181 Å². The third-order valence-electron chi connectivity index (χ3n) is 6.30. The van der Waals surface area contributed by atoms with Crippen molar-refractivity contribution in [2.24, 2.45) is 24.8 Å². The molecular formula is C19H26ClN7O2S. The lowest BCUT2D eigenvalue weighted by molar-refractivity contribution is 0.438. The number of nitrogens with zero attached hydrogens (tertiary/aromatic N) is 5. The molecule has 2 N–H and O–H groups in total. The number of nitrogens with one attached hydrogen (secondary N) is 2. The van der Waals surface area contributed by atoms with Gasteiger partial charge in [-0.05, 0) is 43.4 Å². The van der Waals surface area contributed by atoms with Gasteiger partial charge in [0.15, 0.2) is 5.82 Å². The summed E-state index contributed by atoms with van der Waals surface area (Å²) in [6, 6.07) is 0.229. The van der Waals surface area contributed by atoms with Crippen LogP contribution in [0.5, 0.6) is 0 Å². The summed E-state index contributed by atoms with van der Waals surface area (Å²) < 4.78 is 28.6. The van der Waals surface area contributed by atoms with E-state index in [0.717, 1.165) is 31.4 Å². The highest BCUT2D eigenvalue weighted by Gasteiger charge is 2.45. The molecule has 11 heteroatoms. The lowest BCUT2D eigenvalue weighted by Crippen LogP contribution is -2.33. The standard InChI is InChI=1S/C19H26ClN7O2S/c1-26-10-16(6-22-26)24-19-21-7-17(20)18(25-19)23-15-4-13-8-27(9-14(13)5-15)30(28,29)11-12-2-3-12/h6-7,10,12-15H,2-5,8-9,11H2,1H3,(H2,21,23,24,25). The predicted molar refractivity (Wildman–Crippen MR) is 115 cm³/mol. The summed E-state index contributed by atoms with van der Waals surface area (Å²) in [7, 11) is -1.26. The van der Waals surface area contributed by atoms with Gasteiger partial charge in [0.1, 0.15) is 5.02 Å². The van der Waals surface area contributed by atoms with Crippen molar-refractivity contribution < 1.29 is 8.42 Å². The molecule has 0 radical (unpaired) electrons. The van der Waals surface area contributed by atoms with Gasteiger partial charge >= 0.3 is 0 Å². The second-order valence-electron chi connectivity index (χ2n) is 8.79. The van der Waals surface area contributed by atoms with E-state index < -0.39 is 10.0 Å². The van der Waals surface area contributed by atoms with Crippen molar-refractivity contribution >= 4 is 39.1 Å². The average Bonchev–Trinajstić information content (AvgIpc) is 3.06. The highest BCUT2D eigenvalue weighted by atomic mass is 35.5. The SMILES string of the molecule is Cn1cc(Nc2ncc(Cl)c(NC3CC4CN(S(=O)(=O)CC5CC5)CC4C3)n2)cn1. The monoisotopic (exact) mass is 451 g/mol. The van der Waals surface area contributed by atoms with E-state index in [9.17, 15) is 8.42 Å². The molecule has 3 heterocycles. The van der Waals surface area contributed by atoms with Gasteiger partial charge in [-0.3, -0.25) is 4.68 Å². The molecule has 0 spiro atoms. The van der Waals surface area contributed by atoms with E-state index in [4.69, 9.17) is 11.6 Å². The van der Waals surface area contributed by atoms with Gasteiger partial charge in [-0.15, -0.1) is 0 Å². The first-order valence-corrected chi connectivity index (χ1v) is 12.4. The molecule has 2 aliphatic carbocycles. The Morgan fingerprint density at radius 2 is 1.93 bits per heavy atom. The first kappa shape index (κ1) is 20.0. The molecule has 0 bridgehead atoms. The summed E-state index contributed by atoms with van der Waals surface area (Å²) in [6.07, 6.45) is 9.08. The molecule has 1 aliphatic heterocycles. The molecule has 3 aliphatic rings. The summed E-state index contributed by atoms with van der Waals surface area (Å²) in [5, 5.41) is 11.2. The first-order chi connectivity index (χ1) is 14.4. The lowest BCUT2D eigenvalue weighted by Gasteiger charge is -2.20. The summed E-state index contributed by atoms with van der Waals surface area (Å²) in [6.45, 7) is 1.28. The number of aryl methyl sites for hydroxylation is 1. The van der Waals surface area contributed by atoms with Crippen LogP contribution < -0.4 is 10.6 Å². The highest BCUT2D eigenvalue weighted by Crippen LogP contribution is 2.41. The number of hydrogen-bond donors (Lipinski definition) is 2. The van der Waals surface area contributed by atoms with E-state index in [-0.39, 0.29) is 6.04 Å². The largest absolute Gasteiger partial charge is 0.366 e. The first-order valence-electron chi connectivity index (χ1n) is 10.4. The number of sulfonamides is 1. The third kappa shape index (κ3) is 4.26. The minimum Gasteiger partial charge on any atom is -0.366 e. The van der Waals surface area contributed by atoms with Crippen molar-refractivity contribution in [1.82, 2.24) is 24.1 Å². The van der Waals surface area contributed by atoms with Crippen molar-refractivity contribution in [3.63, 3.8) is 0 Å². The van der Waals surface area contributed by atoms with Crippen LogP contribution >= 0.6 is 11.6 Å². The van der Waals surface area contributed by atoms with E-state index in [1.165, 1.54) is 0 Å². The molecule has 1 saturated heterocycles. The number of anilines is 3. The van der Waals surface area contributed by atoms with Gasteiger partial charge < -0.3 is 10.6 Å². The molecule has 2 unspecified atom stereocenters. The maximum absolute atomic E-state index is 12.6. The fourth-order valence-corrected chi connectivity index (χ4v) is 6.75. The molecule has 0 aromatic carbocycles. The average molecular weight is 452 g/mol. The van der Waals surface area contributed by atoms with E-state index in [1.54, 1.807) is 21.4 Å². The maximum atomic E-state index is 12.6. The van der Waals surface area contributed by atoms with E-state index in [2.05, 4.69) is 25.7 Å². The Morgan fingerprint density at radius 3 is 2.57 bits per heavy atom. The number of hydrogen-bond acceptors (Lipinski definition) is 7. The Morgan fingerprint density at radius 1 is 1.20 bits per heavy atom. The molecule has 2 saturated carbocycles. The zero-order valence-electron chi connectivity index (χ0n) is 16.8. The van der Waals surface area contributed by atoms with Gasteiger partial charge in [0, 0.05) is 32.4 Å². The Kier molecular flexibility index (Phi) is 5.11. The van der Waals surface area contributed by atoms with Crippen molar-refractivity contribution in [3.05, 3.63) is 23.6 Å². The molecule has 5 rings (SSSR count). The second-order valence-corrected chi connectivity index (χ2v) is 11.2. The van der Waals surface area contributed by atoms with Crippen molar-refractivity contribution in [1.29, 1.82) is 0 Å². The van der Waals surface area contributed by atoms with Crippen LogP contribution in [0.4, 0.5) is 17.5 Å². The Bertz CT molecular complexity index is 1030. The number of fused-ring (bicyclic) bond motifs is 1. The summed E-state index contributed by atoms with van der Waals surface area (Å²) in [5.41, 5.74) is 0.800. The Hall–Kier alpha value is -1.91. The van der Waals surface area contributed by atoms with Crippen LogP contribution in [0.25, 0.3) is 0 Å². The van der Waals surface area contributed by atoms with Gasteiger partial charge in [-0.25, -0.2) is 17.7 Å². The van der Waals surface area contributed by atoms with Crippen molar-refractivity contribution in [2.75, 3.05) is 29.5 Å². The molecule has 2 atom stereocenters. The quantitative estimate of drug-likeness (QED) is 0.666. The molecule has 30 heavy (non-hydrogen) atoms. The Balaban J connectivity index is 1.20. The molecule has 0 amide bonds. The zero-order valence-corrected chi connectivity index (χ0v) is 18.4. The van der Waals surface area contributed by atoms with Crippen LogP contribution in [-0.2, 0) is 17.1 Å². The van der Waals surface area contributed by atoms with Crippen LogP contribution in [-0.4, -0.2) is 57.4 Å². The fraction of sp³-hybridized carbons (Fsp3) is 0.632. The topological polar surface area (TPSA) is 105 Å².